The average molecular weight is 366 g/mol. The summed E-state index contributed by atoms with van der Waals surface area (Å²) in [5.41, 5.74) is 1.23. The van der Waals surface area contributed by atoms with Gasteiger partial charge < -0.3 is 14.8 Å². The van der Waals surface area contributed by atoms with Crippen molar-refractivity contribution in [3.63, 3.8) is 0 Å². The molecule has 0 radical (unpaired) electrons. The maximum Gasteiger partial charge on any atom is 0.338 e. The van der Waals surface area contributed by atoms with Crippen molar-refractivity contribution in [3.05, 3.63) is 59.7 Å². The molecule has 0 saturated heterocycles. The number of rotatable bonds is 7. The van der Waals surface area contributed by atoms with Crippen molar-refractivity contribution >= 4 is 17.6 Å². The molecule has 27 heavy (non-hydrogen) atoms. The number of esters is 1. The first-order valence-corrected chi connectivity index (χ1v) is 8.64. The van der Waals surface area contributed by atoms with E-state index in [0.29, 0.717) is 35.1 Å². The van der Waals surface area contributed by atoms with Crippen LogP contribution in [-0.2, 0) is 9.53 Å². The molecule has 0 aromatic heterocycles. The number of amides is 1. The van der Waals surface area contributed by atoms with Gasteiger partial charge in [-0.1, -0.05) is 19.9 Å². The monoisotopic (exact) mass is 366 g/mol. The van der Waals surface area contributed by atoms with E-state index < -0.39 is 18.0 Å². The lowest BCUT2D eigenvalue weighted by molar-refractivity contribution is -0.123. The third-order valence-corrected chi connectivity index (χ3v) is 3.59. The van der Waals surface area contributed by atoms with Gasteiger partial charge in [-0.2, -0.15) is 5.26 Å². The fourth-order valence-electron chi connectivity index (χ4n) is 2.14. The third kappa shape index (κ3) is 6.15. The molecule has 0 spiro atoms. The molecule has 0 saturated carbocycles. The second kappa shape index (κ2) is 9.39. The molecule has 1 atom stereocenters. The first-order chi connectivity index (χ1) is 12.9. The van der Waals surface area contributed by atoms with Crippen molar-refractivity contribution < 1.29 is 19.1 Å². The Morgan fingerprint density at radius 3 is 2.44 bits per heavy atom. The van der Waals surface area contributed by atoms with E-state index in [4.69, 9.17) is 14.7 Å². The standard InChI is InChI=1S/C21H22N2O4/c1-14(2)13-26-19-9-7-17(8-10-19)21(25)27-15(3)20(24)23-18-6-4-5-16(11-18)12-22/h4-11,14-15H,13H2,1-3H3,(H,23,24)/t15-/m1/s1. The second-order valence-corrected chi connectivity index (χ2v) is 6.46. The van der Waals surface area contributed by atoms with E-state index >= 15 is 0 Å². The van der Waals surface area contributed by atoms with Crippen molar-refractivity contribution in [2.75, 3.05) is 11.9 Å². The van der Waals surface area contributed by atoms with E-state index in [2.05, 4.69) is 19.2 Å². The van der Waals surface area contributed by atoms with Crippen LogP contribution in [0.5, 0.6) is 5.75 Å². The van der Waals surface area contributed by atoms with Crippen LogP contribution in [0.15, 0.2) is 48.5 Å². The Kier molecular flexibility index (Phi) is 6.95. The average Bonchev–Trinajstić information content (AvgIpc) is 2.66. The van der Waals surface area contributed by atoms with Gasteiger partial charge in [0.25, 0.3) is 5.91 Å². The Bertz CT molecular complexity index is 838. The van der Waals surface area contributed by atoms with E-state index in [1.165, 1.54) is 6.92 Å². The van der Waals surface area contributed by atoms with Crippen LogP contribution in [0.2, 0.25) is 0 Å². The fraction of sp³-hybridized carbons (Fsp3) is 0.286. The van der Waals surface area contributed by atoms with Crippen LogP contribution in [0.3, 0.4) is 0 Å². The zero-order valence-corrected chi connectivity index (χ0v) is 15.6. The highest BCUT2D eigenvalue weighted by atomic mass is 16.5. The summed E-state index contributed by atoms with van der Waals surface area (Å²) in [6, 6.07) is 15.1. The molecule has 1 N–H and O–H groups in total. The lowest BCUT2D eigenvalue weighted by Crippen LogP contribution is -2.30. The topological polar surface area (TPSA) is 88.4 Å². The summed E-state index contributed by atoms with van der Waals surface area (Å²) in [4.78, 5) is 24.4. The van der Waals surface area contributed by atoms with Gasteiger partial charge in [0.1, 0.15) is 5.75 Å². The van der Waals surface area contributed by atoms with E-state index in [0.717, 1.165) is 0 Å². The number of hydrogen-bond acceptors (Lipinski definition) is 5. The molecule has 2 aromatic rings. The first-order valence-electron chi connectivity index (χ1n) is 8.64. The molecule has 0 fully saturated rings. The minimum atomic E-state index is -0.986. The summed E-state index contributed by atoms with van der Waals surface area (Å²) in [5, 5.41) is 11.5. The van der Waals surface area contributed by atoms with Crippen molar-refractivity contribution in [2.45, 2.75) is 26.9 Å². The predicted molar refractivity (Wildman–Crippen MR) is 101 cm³/mol. The van der Waals surface area contributed by atoms with E-state index in [9.17, 15) is 9.59 Å². The van der Waals surface area contributed by atoms with Crippen LogP contribution in [0.25, 0.3) is 0 Å². The molecular weight excluding hydrogens is 344 g/mol. The number of nitrogens with one attached hydrogen (secondary N) is 1. The molecule has 140 valence electrons. The molecule has 6 heteroatoms. The summed E-state index contributed by atoms with van der Waals surface area (Å²) < 4.78 is 10.8. The van der Waals surface area contributed by atoms with Crippen LogP contribution in [0.1, 0.15) is 36.7 Å². The number of carbonyl (C=O) groups excluding carboxylic acids is 2. The molecule has 6 nitrogen and oxygen atoms in total. The molecule has 0 aliphatic carbocycles. The van der Waals surface area contributed by atoms with Crippen molar-refractivity contribution in [1.82, 2.24) is 0 Å². The third-order valence-electron chi connectivity index (χ3n) is 3.59. The summed E-state index contributed by atoms with van der Waals surface area (Å²) in [5.74, 6) is 0.000403. The van der Waals surface area contributed by atoms with Gasteiger partial charge in [0.15, 0.2) is 6.10 Å². The Labute approximate surface area is 158 Å². The molecule has 0 unspecified atom stereocenters. The van der Waals surface area contributed by atoms with Crippen molar-refractivity contribution in [2.24, 2.45) is 5.92 Å². The normalized spacial score (nSPS) is 11.4. The number of anilines is 1. The quantitative estimate of drug-likeness (QED) is 0.754. The van der Waals surface area contributed by atoms with Gasteiger partial charge in [-0.3, -0.25) is 4.79 Å². The Hall–Kier alpha value is -3.33. The van der Waals surface area contributed by atoms with Gasteiger partial charge in [0.05, 0.1) is 23.8 Å². The maximum atomic E-state index is 12.2. The molecular formula is C21H22N2O4. The Balaban J connectivity index is 1.92. The van der Waals surface area contributed by atoms with Gasteiger partial charge in [0.2, 0.25) is 0 Å². The molecule has 0 aliphatic heterocycles. The van der Waals surface area contributed by atoms with E-state index in [1.54, 1.807) is 48.5 Å². The van der Waals surface area contributed by atoms with Crippen LogP contribution < -0.4 is 10.1 Å². The molecule has 0 aliphatic rings. The van der Waals surface area contributed by atoms with Gasteiger partial charge in [-0.25, -0.2) is 4.79 Å². The minimum absolute atomic E-state index is 0.332. The Morgan fingerprint density at radius 1 is 1.11 bits per heavy atom. The SMILES string of the molecule is CC(C)COc1ccc(C(=O)O[C@H](C)C(=O)Nc2cccc(C#N)c2)cc1. The van der Waals surface area contributed by atoms with Crippen LogP contribution in [-0.4, -0.2) is 24.6 Å². The Morgan fingerprint density at radius 2 is 1.81 bits per heavy atom. The zero-order chi connectivity index (χ0) is 19.8. The lowest BCUT2D eigenvalue weighted by Gasteiger charge is -2.14. The molecule has 2 rings (SSSR count). The number of hydrogen-bond donors (Lipinski definition) is 1. The number of nitrogens with zero attached hydrogens (tertiary/aromatic N) is 1. The summed E-state index contributed by atoms with van der Waals surface area (Å²) in [6.45, 7) is 6.18. The van der Waals surface area contributed by atoms with Crippen LogP contribution in [0.4, 0.5) is 5.69 Å². The summed E-state index contributed by atoms with van der Waals surface area (Å²) in [6.07, 6.45) is -0.986. The first kappa shape index (κ1) is 20.0. The maximum absolute atomic E-state index is 12.2. The number of nitriles is 1. The molecule has 2 aromatic carbocycles. The number of ether oxygens (including phenoxy) is 2. The predicted octanol–water partition coefficient (Wildman–Crippen LogP) is 3.78. The molecule has 1 amide bonds. The van der Waals surface area contributed by atoms with Gasteiger partial charge >= 0.3 is 5.97 Å². The van der Waals surface area contributed by atoms with Crippen LogP contribution >= 0.6 is 0 Å². The number of carbonyl (C=O) groups is 2. The molecule has 0 heterocycles. The lowest BCUT2D eigenvalue weighted by atomic mass is 10.2. The summed E-state index contributed by atoms with van der Waals surface area (Å²) >= 11 is 0. The smallest absolute Gasteiger partial charge is 0.338 e. The second-order valence-electron chi connectivity index (χ2n) is 6.46. The fourth-order valence-corrected chi connectivity index (χ4v) is 2.14. The highest BCUT2D eigenvalue weighted by Crippen LogP contribution is 2.15. The zero-order valence-electron chi connectivity index (χ0n) is 15.6. The van der Waals surface area contributed by atoms with E-state index in [1.807, 2.05) is 6.07 Å². The summed E-state index contributed by atoms with van der Waals surface area (Å²) in [7, 11) is 0. The van der Waals surface area contributed by atoms with Gasteiger partial charge in [-0.05, 0) is 55.3 Å². The largest absolute Gasteiger partial charge is 0.493 e. The van der Waals surface area contributed by atoms with Gasteiger partial charge in [-0.15, -0.1) is 0 Å². The van der Waals surface area contributed by atoms with Gasteiger partial charge in [0, 0.05) is 5.69 Å². The number of benzene rings is 2. The highest BCUT2D eigenvalue weighted by molar-refractivity contribution is 5.97. The van der Waals surface area contributed by atoms with Crippen LogP contribution in [0, 0.1) is 17.2 Å². The minimum Gasteiger partial charge on any atom is -0.493 e. The van der Waals surface area contributed by atoms with E-state index in [-0.39, 0.29) is 0 Å². The highest BCUT2D eigenvalue weighted by Gasteiger charge is 2.19. The van der Waals surface area contributed by atoms with Crippen molar-refractivity contribution in [1.29, 1.82) is 5.26 Å². The van der Waals surface area contributed by atoms with Crippen molar-refractivity contribution in [3.8, 4) is 11.8 Å². The molecule has 0 bridgehead atoms.